The third-order valence-electron chi connectivity index (χ3n) is 9.75. The molecule has 43 heavy (non-hydrogen) atoms. The van der Waals surface area contributed by atoms with Crippen LogP contribution < -0.4 is 19.5 Å². The monoisotopic (exact) mass is 803 g/mol. The van der Waals surface area contributed by atoms with E-state index in [9.17, 15) is 15.2 Å². The second-order valence-electron chi connectivity index (χ2n) is 12.3. The van der Waals surface area contributed by atoms with Gasteiger partial charge in [0.15, 0.2) is 18.3 Å². The molecule has 11 heteroatoms. The number of carbonyl (C=O) groups excluding carboxylic acids is 1. The third kappa shape index (κ3) is 5.02. The third-order valence-corrected chi connectivity index (χ3v) is 9.75. The van der Waals surface area contributed by atoms with E-state index in [4.69, 9.17) is 18.9 Å². The van der Waals surface area contributed by atoms with Crippen LogP contribution in [0.2, 0.25) is 0 Å². The van der Waals surface area contributed by atoms with Crippen molar-refractivity contribution in [3.63, 3.8) is 0 Å². The Morgan fingerprint density at radius 3 is 2.56 bits per heavy atom. The summed E-state index contributed by atoms with van der Waals surface area (Å²) in [6.45, 7) is 10.2. The first-order chi connectivity index (χ1) is 20.1. The summed E-state index contributed by atoms with van der Waals surface area (Å²) in [6.07, 6.45) is 1.17. The van der Waals surface area contributed by atoms with Crippen LogP contribution in [0.25, 0.3) is 0 Å². The molecule has 4 heterocycles. The van der Waals surface area contributed by atoms with Crippen LogP contribution in [0.4, 0.5) is 0 Å². The van der Waals surface area contributed by atoms with Gasteiger partial charge in [0.05, 0.1) is 18.2 Å². The minimum Gasteiger partial charge on any atom is -0.507 e. The van der Waals surface area contributed by atoms with Crippen LogP contribution in [0.5, 0.6) is 23.0 Å². The van der Waals surface area contributed by atoms with E-state index in [-0.39, 0.29) is 99.9 Å². The molecule has 2 aromatic carbocycles. The molecular weight excluding hydrogens is 763 g/mol. The van der Waals surface area contributed by atoms with Crippen molar-refractivity contribution in [2.45, 2.75) is 77.7 Å². The maximum Gasteiger partial charge on any atom is 0.231 e. The number of rotatable bonds is 6. The smallest absolute Gasteiger partial charge is 0.231 e. The Hall–Kier alpha value is -2.08. The van der Waals surface area contributed by atoms with E-state index in [1.807, 2.05) is 20.8 Å². The van der Waals surface area contributed by atoms with Crippen LogP contribution in [0.3, 0.4) is 0 Å². The number of phenols is 1. The number of hydrogen-bond acceptors (Lipinski definition) is 9. The molecule has 4 aliphatic heterocycles. The van der Waals surface area contributed by atoms with Crippen LogP contribution in [0.1, 0.15) is 64.9 Å². The standard InChI is InChI=1S/C32H40N4O6.Ac/c1-15(2)32(38)34-12-24-26-20(28(37)18(5)30-31(26)42-14-41-30)10-22-27-25-19(8-16(3)17(4)29(25)40-13-39-7)9-21(35(27)6)23(11-33)36(22)24;/h8,15,21-24,27,37H,9-10,12-14H2,1-7H3,(H,34,38);/t21-,22?,23+,24+,27+;/m1./s1. The zero-order valence-corrected chi connectivity index (χ0v) is 30.7. The van der Waals surface area contributed by atoms with Gasteiger partial charge >= 0.3 is 0 Å². The number of likely N-dealkylation sites (N-methyl/N-ethyl adjacent to an activating group) is 1. The minimum atomic E-state index is -0.468. The van der Waals surface area contributed by atoms with Gasteiger partial charge in [-0.25, -0.2) is 0 Å². The maximum atomic E-state index is 12.9. The molecule has 0 aromatic heterocycles. The molecule has 0 aliphatic carbocycles. The van der Waals surface area contributed by atoms with Crippen molar-refractivity contribution >= 4 is 5.91 Å². The predicted molar refractivity (Wildman–Crippen MR) is 155 cm³/mol. The molecule has 227 valence electrons. The Balaban J connectivity index is 0.00000368. The van der Waals surface area contributed by atoms with Crippen molar-refractivity contribution in [2.75, 3.05) is 34.3 Å². The summed E-state index contributed by atoms with van der Waals surface area (Å²) < 4.78 is 23.4. The molecule has 1 saturated heterocycles. The Morgan fingerprint density at radius 1 is 1.16 bits per heavy atom. The number of fused-ring (bicyclic) bond motifs is 9. The number of benzene rings is 2. The molecular formula is C32H40AcN4O6. The van der Waals surface area contributed by atoms with Gasteiger partial charge < -0.3 is 29.4 Å². The normalized spacial score (nSPS) is 25.2. The molecule has 5 atom stereocenters. The molecule has 2 bridgehead atoms. The second-order valence-corrected chi connectivity index (χ2v) is 12.3. The Bertz CT molecular complexity index is 1490. The summed E-state index contributed by atoms with van der Waals surface area (Å²) >= 11 is 0. The number of carbonyl (C=O) groups is 1. The van der Waals surface area contributed by atoms with Crippen LogP contribution in [-0.4, -0.2) is 73.2 Å². The van der Waals surface area contributed by atoms with E-state index in [0.717, 1.165) is 33.6 Å². The Morgan fingerprint density at radius 2 is 1.88 bits per heavy atom. The topological polar surface area (TPSA) is 117 Å². The molecule has 1 radical (unpaired) electrons. The summed E-state index contributed by atoms with van der Waals surface area (Å²) in [4.78, 5) is 17.4. The molecule has 0 saturated carbocycles. The number of aryl methyl sites for hydroxylation is 1. The number of nitriles is 1. The van der Waals surface area contributed by atoms with E-state index >= 15 is 0 Å². The number of amides is 1. The van der Waals surface area contributed by atoms with Gasteiger partial charge in [-0.1, -0.05) is 19.9 Å². The first kappa shape index (κ1) is 32.3. The zero-order chi connectivity index (χ0) is 30.0. The first-order valence-electron chi connectivity index (χ1n) is 14.7. The van der Waals surface area contributed by atoms with Crippen molar-refractivity contribution in [1.82, 2.24) is 15.1 Å². The number of ether oxygens (including phenoxy) is 4. The van der Waals surface area contributed by atoms with E-state index in [2.05, 4.69) is 48.1 Å². The number of aromatic hydroxyl groups is 1. The van der Waals surface area contributed by atoms with Gasteiger partial charge in [-0.3, -0.25) is 14.6 Å². The van der Waals surface area contributed by atoms with Crippen molar-refractivity contribution in [3.05, 3.63) is 45.0 Å². The SMILES string of the molecule is COCOc1c(C)c(C)cc2c1[C@@H]1C3Cc4c(O)c(C)c5c(c4[C@H](CNC(=O)C(C)C)N3[C@@H](C#N)[C@@H](C2)N1C)OCO5.[Ac]. The zero-order valence-electron chi connectivity index (χ0n) is 26.0. The number of nitrogens with zero attached hydrogens (tertiary/aromatic N) is 3. The van der Waals surface area contributed by atoms with E-state index in [1.54, 1.807) is 7.11 Å². The maximum absolute atomic E-state index is 12.9. The number of nitrogens with one attached hydrogen (secondary N) is 1. The number of piperazine rings is 1. The summed E-state index contributed by atoms with van der Waals surface area (Å²) in [5.41, 5.74) is 6.69. The van der Waals surface area contributed by atoms with Gasteiger partial charge in [0.2, 0.25) is 12.7 Å². The fourth-order valence-electron chi connectivity index (χ4n) is 7.59. The van der Waals surface area contributed by atoms with Gasteiger partial charge in [-0.05, 0) is 57.4 Å². The average Bonchev–Trinajstić information content (AvgIpc) is 3.45. The minimum absolute atomic E-state index is 0. The molecule has 2 aromatic rings. The van der Waals surface area contributed by atoms with Crippen molar-refractivity contribution in [2.24, 2.45) is 5.92 Å². The Labute approximate surface area is 289 Å². The van der Waals surface area contributed by atoms with Crippen LogP contribution in [-0.2, 0) is 22.4 Å². The van der Waals surface area contributed by atoms with Gasteiger partial charge in [-0.2, -0.15) is 5.26 Å². The van der Waals surface area contributed by atoms with E-state index < -0.39 is 12.1 Å². The molecule has 1 fully saturated rings. The summed E-state index contributed by atoms with van der Waals surface area (Å²) in [7, 11) is 3.70. The van der Waals surface area contributed by atoms with Crippen molar-refractivity contribution < 1.29 is 72.9 Å². The summed E-state index contributed by atoms with van der Waals surface area (Å²) in [5, 5.41) is 25.5. The van der Waals surface area contributed by atoms with E-state index in [0.29, 0.717) is 29.9 Å². The average molecular weight is 804 g/mol. The van der Waals surface area contributed by atoms with Gasteiger partial charge in [0.25, 0.3) is 0 Å². The molecule has 1 amide bonds. The van der Waals surface area contributed by atoms with Gasteiger partial charge in [-0.15, -0.1) is 0 Å². The molecule has 6 rings (SSSR count). The van der Waals surface area contributed by atoms with E-state index in [1.165, 1.54) is 5.56 Å². The molecule has 1 unspecified atom stereocenters. The van der Waals surface area contributed by atoms with Crippen molar-refractivity contribution in [1.29, 1.82) is 5.26 Å². The summed E-state index contributed by atoms with van der Waals surface area (Å²) in [5.74, 6) is 1.85. The van der Waals surface area contributed by atoms with Crippen molar-refractivity contribution in [3.8, 4) is 29.1 Å². The number of phenolic OH excluding ortho intramolecular Hbond substituents is 1. The van der Waals surface area contributed by atoms with Crippen LogP contribution >= 0.6 is 0 Å². The fraction of sp³-hybridized carbons (Fsp3) is 0.562. The molecule has 10 nitrogen and oxygen atoms in total. The van der Waals surface area contributed by atoms with Gasteiger partial charge in [0.1, 0.15) is 17.5 Å². The Kier molecular flexibility index (Phi) is 9.30. The fourth-order valence-corrected chi connectivity index (χ4v) is 7.59. The predicted octanol–water partition coefficient (Wildman–Crippen LogP) is 3.57. The quantitative estimate of drug-likeness (QED) is 0.424. The number of methoxy groups -OCH3 is 1. The molecule has 4 aliphatic rings. The second kappa shape index (κ2) is 12.4. The van der Waals surface area contributed by atoms with Crippen LogP contribution in [0.15, 0.2) is 6.07 Å². The van der Waals surface area contributed by atoms with Gasteiger partial charge in [0, 0.05) is 98.0 Å². The molecule has 0 spiro atoms. The van der Waals surface area contributed by atoms with Crippen LogP contribution in [0, 0.1) is 82.1 Å². The summed E-state index contributed by atoms with van der Waals surface area (Å²) in [6, 6.07) is 3.59. The molecule has 2 N–H and O–H groups in total. The first-order valence-corrected chi connectivity index (χ1v) is 14.7. The largest absolute Gasteiger partial charge is 0.507 e. The number of hydrogen-bond donors (Lipinski definition) is 2.